The number of hydrogen-bond donors (Lipinski definition) is 1. The molecule has 0 spiro atoms. The Morgan fingerprint density at radius 1 is 1.28 bits per heavy atom. The van der Waals surface area contributed by atoms with Gasteiger partial charge in [0.1, 0.15) is 12.4 Å². The van der Waals surface area contributed by atoms with Crippen molar-refractivity contribution >= 4 is 34.5 Å². The molecule has 0 radical (unpaired) electrons. The third-order valence-electron chi connectivity index (χ3n) is 2.16. The number of nitrogens with one attached hydrogen (secondary N) is 1. The van der Waals surface area contributed by atoms with Crippen LogP contribution in [0.15, 0.2) is 48.7 Å². The predicted octanol–water partition coefficient (Wildman–Crippen LogP) is 3.43. The number of rotatable bonds is 3. The predicted molar refractivity (Wildman–Crippen MR) is 77.2 cm³/mol. The summed E-state index contributed by atoms with van der Waals surface area (Å²) in [7, 11) is 0. The number of ether oxygens (including phenoxy) is 1. The van der Waals surface area contributed by atoms with Gasteiger partial charge in [-0.2, -0.15) is 0 Å². The minimum atomic E-state index is -0.506. The third-order valence-corrected chi connectivity index (χ3v) is 2.84. The summed E-state index contributed by atoms with van der Waals surface area (Å²) in [5, 5.41) is 2.58. The van der Waals surface area contributed by atoms with Gasteiger partial charge in [0.05, 0.1) is 0 Å². The molecule has 0 aliphatic heterocycles. The highest BCUT2D eigenvalue weighted by Crippen LogP contribution is 2.09. The number of nitrogens with zero attached hydrogens (tertiary/aromatic N) is 1. The van der Waals surface area contributed by atoms with Crippen molar-refractivity contribution in [2.24, 2.45) is 0 Å². The first-order valence-electron chi connectivity index (χ1n) is 5.33. The van der Waals surface area contributed by atoms with Crippen molar-refractivity contribution in [2.45, 2.75) is 6.61 Å². The van der Waals surface area contributed by atoms with Crippen molar-refractivity contribution < 1.29 is 9.53 Å². The molecule has 0 aliphatic carbocycles. The summed E-state index contributed by atoms with van der Waals surface area (Å²) >= 11 is 2.15. The van der Waals surface area contributed by atoms with Gasteiger partial charge in [-0.1, -0.05) is 30.3 Å². The molecule has 92 valence electrons. The van der Waals surface area contributed by atoms with Gasteiger partial charge in [-0.25, -0.2) is 9.78 Å². The molecule has 0 bridgehead atoms. The SMILES string of the molecule is O=C(Nc1cc(I)ccn1)OCc1ccccc1. The molecule has 2 rings (SSSR count). The monoisotopic (exact) mass is 354 g/mol. The molecule has 0 saturated carbocycles. The maximum atomic E-state index is 11.5. The van der Waals surface area contributed by atoms with Crippen molar-refractivity contribution in [1.82, 2.24) is 4.98 Å². The normalized spacial score (nSPS) is 9.83. The third kappa shape index (κ3) is 3.99. The highest BCUT2D eigenvalue weighted by molar-refractivity contribution is 14.1. The average molecular weight is 354 g/mol. The highest BCUT2D eigenvalue weighted by Gasteiger charge is 2.04. The molecule has 1 amide bonds. The first kappa shape index (κ1) is 12.8. The Bertz CT molecular complexity index is 532. The van der Waals surface area contributed by atoms with E-state index in [-0.39, 0.29) is 6.61 Å². The lowest BCUT2D eigenvalue weighted by molar-refractivity contribution is 0.155. The maximum absolute atomic E-state index is 11.5. The van der Waals surface area contributed by atoms with E-state index in [2.05, 4.69) is 32.9 Å². The summed E-state index contributed by atoms with van der Waals surface area (Å²) in [6.07, 6.45) is 1.13. The van der Waals surface area contributed by atoms with Crippen LogP contribution in [-0.4, -0.2) is 11.1 Å². The zero-order chi connectivity index (χ0) is 12.8. The summed E-state index contributed by atoms with van der Waals surface area (Å²) in [5.74, 6) is 0.486. The second-order valence-corrected chi connectivity index (χ2v) is 4.79. The zero-order valence-corrected chi connectivity index (χ0v) is 11.6. The second kappa shape index (κ2) is 6.34. The number of aromatic nitrogens is 1. The van der Waals surface area contributed by atoms with Gasteiger partial charge >= 0.3 is 6.09 Å². The summed E-state index contributed by atoms with van der Waals surface area (Å²) in [5.41, 5.74) is 0.947. The van der Waals surface area contributed by atoms with E-state index >= 15 is 0 Å². The number of pyridine rings is 1. The van der Waals surface area contributed by atoms with Gasteiger partial charge in [0, 0.05) is 9.77 Å². The summed E-state index contributed by atoms with van der Waals surface area (Å²) in [6.45, 7) is 0.247. The fraction of sp³-hybridized carbons (Fsp3) is 0.0769. The summed E-state index contributed by atoms with van der Waals surface area (Å²) < 4.78 is 6.08. The van der Waals surface area contributed by atoms with Crippen LogP contribution in [-0.2, 0) is 11.3 Å². The molecular formula is C13H11IN2O2. The Morgan fingerprint density at radius 2 is 2.06 bits per heavy atom. The number of anilines is 1. The lowest BCUT2D eigenvalue weighted by Crippen LogP contribution is -2.14. The molecule has 0 atom stereocenters. The number of halogens is 1. The maximum Gasteiger partial charge on any atom is 0.413 e. The van der Waals surface area contributed by atoms with Gasteiger partial charge in [-0.3, -0.25) is 5.32 Å². The van der Waals surface area contributed by atoms with Gasteiger partial charge < -0.3 is 4.74 Å². The molecule has 1 aromatic heterocycles. The smallest absolute Gasteiger partial charge is 0.413 e. The molecule has 0 aliphatic rings. The summed E-state index contributed by atoms with van der Waals surface area (Å²) in [4.78, 5) is 15.5. The Balaban J connectivity index is 1.86. The fourth-order valence-corrected chi connectivity index (χ4v) is 1.79. The van der Waals surface area contributed by atoms with E-state index in [1.807, 2.05) is 36.4 Å². The van der Waals surface area contributed by atoms with Gasteiger partial charge in [0.25, 0.3) is 0 Å². The van der Waals surface area contributed by atoms with Gasteiger partial charge in [-0.05, 0) is 40.3 Å². The van der Waals surface area contributed by atoms with E-state index < -0.39 is 6.09 Å². The van der Waals surface area contributed by atoms with Crippen LogP contribution in [0.5, 0.6) is 0 Å². The Labute approximate surface area is 119 Å². The molecule has 5 heteroatoms. The van der Waals surface area contributed by atoms with Crippen LogP contribution in [0.4, 0.5) is 10.6 Å². The summed E-state index contributed by atoms with van der Waals surface area (Å²) in [6, 6.07) is 13.1. The number of carbonyl (C=O) groups is 1. The number of benzene rings is 1. The van der Waals surface area contributed by atoms with E-state index in [4.69, 9.17) is 4.74 Å². The Hall–Kier alpha value is -1.63. The molecule has 4 nitrogen and oxygen atoms in total. The van der Waals surface area contributed by atoms with E-state index in [1.54, 1.807) is 12.3 Å². The lowest BCUT2D eigenvalue weighted by Gasteiger charge is -2.06. The second-order valence-electron chi connectivity index (χ2n) is 3.55. The van der Waals surface area contributed by atoms with Gasteiger partial charge in [-0.15, -0.1) is 0 Å². The van der Waals surface area contributed by atoms with E-state index in [0.29, 0.717) is 5.82 Å². The molecular weight excluding hydrogens is 343 g/mol. The van der Waals surface area contributed by atoms with Crippen molar-refractivity contribution in [1.29, 1.82) is 0 Å². The van der Waals surface area contributed by atoms with Crippen molar-refractivity contribution in [3.05, 3.63) is 57.8 Å². The van der Waals surface area contributed by atoms with E-state index in [1.165, 1.54) is 0 Å². The molecule has 1 aromatic carbocycles. The van der Waals surface area contributed by atoms with Crippen LogP contribution in [0, 0.1) is 3.57 Å². The first-order valence-corrected chi connectivity index (χ1v) is 6.41. The number of carbonyl (C=O) groups excluding carboxylic acids is 1. The standard InChI is InChI=1S/C13H11IN2O2/c14-11-6-7-15-12(8-11)16-13(17)18-9-10-4-2-1-3-5-10/h1-8H,9H2,(H,15,16,17). The van der Waals surface area contributed by atoms with Crippen LogP contribution >= 0.6 is 22.6 Å². The Morgan fingerprint density at radius 3 is 2.78 bits per heavy atom. The van der Waals surface area contributed by atoms with Gasteiger partial charge in [0.15, 0.2) is 0 Å². The number of hydrogen-bond acceptors (Lipinski definition) is 3. The lowest BCUT2D eigenvalue weighted by atomic mass is 10.2. The first-order chi connectivity index (χ1) is 8.74. The van der Waals surface area contributed by atoms with Crippen LogP contribution in [0.25, 0.3) is 0 Å². The zero-order valence-electron chi connectivity index (χ0n) is 9.47. The molecule has 0 fully saturated rings. The largest absolute Gasteiger partial charge is 0.444 e. The van der Waals surface area contributed by atoms with E-state index in [0.717, 1.165) is 9.13 Å². The van der Waals surface area contributed by atoms with Gasteiger partial charge in [0.2, 0.25) is 0 Å². The molecule has 2 aromatic rings. The molecule has 0 unspecified atom stereocenters. The quantitative estimate of drug-likeness (QED) is 0.860. The average Bonchev–Trinajstić information content (AvgIpc) is 2.38. The molecule has 18 heavy (non-hydrogen) atoms. The van der Waals surface area contributed by atoms with Crippen LogP contribution in [0.3, 0.4) is 0 Å². The minimum Gasteiger partial charge on any atom is -0.444 e. The highest BCUT2D eigenvalue weighted by atomic mass is 127. The molecule has 1 N–H and O–H groups in total. The Kier molecular flexibility index (Phi) is 4.52. The molecule has 1 heterocycles. The fourth-order valence-electron chi connectivity index (χ4n) is 1.34. The van der Waals surface area contributed by atoms with Crippen LogP contribution in [0.1, 0.15) is 5.56 Å². The van der Waals surface area contributed by atoms with Crippen molar-refractivity contribution in [3.63, 3.8) is 0 Å². The topological polar surface area (TPSA) is 51.2 Å². The van der Waals surface area contributed by atoms with E-state index in [9.17, 15) is 4.79 Å². The molecule has 0 saturated heterocycles. The number of amides is 1. The van der Waals surface area contributed by atoms with Crippen LogP contribution in [0.2, 0.25) is 0 Å². The van der Waals surface area contributed by atoms with Crippen molar-refractivity contribution in [3.8, 4) is 0 Å². The van der Waals surface area contributed by atoms with Crippen molar-refractivity contribution in [2.75, 3.05) is 5.32 Å². The van der Waals surface area contributed by atoms with Crippen LogP contribution < -0.4 is 5.32 Å². The minimum absolute atomic E-state index is 0.247.